The van der Waals surface area contributed by atoms with Crippen LogP contribution in [0.15, 0.2) is 54.6 Å². The molecule has 2 amide bonds. The Morgan fingerprint density at radius 2 is 1.64 bits per heavy atom. The van der Waals surface area contributed by atoms with Gasteiger partial charge in [0, 0.05) is 12.2 Å². The highest BCUT2D eigenvalue weighted by atomic mass is 16.2. The largest absolute Gasteiger partial charge is 0.399 e. The molecule has 0 aromatic heterocycles. The van der Waals surface area contributed by atoms with Gasteiger partial charge in [-0.3, -0.25) is 14.5 Å². The van der Waals surface area contributed by atoms with Crippen LogP contribution in [0.1, 0.15) is 32.7 Å². The van der Waals surface area contributed by atoms with Crippen LogP contribution < -0.4 is 5.73 Å². The fourth-order valence-electron chi connectivity index (χ4n) is 2.53. The van der Waals surface area contributed by atoms with E-state index in [0.717, 1.165) is 5.56 Å². The second-order valence-corrected chi connectivity index (χ2v) is 5.17. The van der Waals surface area contributed by atoms with E-state index in [-0.39, 0.29) is 11.8 Å². The highest BCUT2D eigenvalue weighted by molar-refractivity contribution is 6.21. The lowest BCUT2D eigenvalue weighted by Gasteiger charge is -2.11. The molecule has 2 aromatic carbocycles. The highest BCUT2D eigenvalue weighted by Gasteiger charge is 2.34. The quantitative estimate of drug-likeness (QED) is 0.696. The summed E-state index contributed by atoms with van der Waals surface area (Å²) < 4.78 is 0. The number of hydrogen-bond donors (Lipinski definition) is 1. The number of anilines is 1. The summed E-state index contributed by atoms with van der Waals surface area (Å²) in [5.41, 5.74) is 8.41. The maximum Gasteiger partial charge on any atom is 0.261 e. The molecule has 2 aromatic rings. The Morgan fingerprint density at radius 3 is 2.27 bits per heavy atom. The van der Waals surface area contributed by atoms with Crippen LogP contribution >= 0.6 is 0 Å². The Morgan fingerprint density at radius 1 is 0.955 bits per heavy atom. The van der Waals surface area contributed by atoms with Crippen LogP contribution in [-0.4, -0.2) is 23.3 Å². The third-order valence-corrected chi connectivity index (χ3v) is 3.62. The molecule has 4 nitrogen and oxygen atoms in total. The molecule has 0 atom stereocenters. The topological polar surface area (TPSA) is 63.4 Å². The van der Waals surface area contributed by atoms with Crippen LogP contribution in [0, 0.1) is 0 Å². The number of carbonyl (C=O) groups is 2. The number of nitrogen functional groups attached to an aromatic ring is 1. The fourth-order valence-corrected chi connectivity index (χ4v) is 2.53. The molecular weight excluding hydrogens is 276 g/mol. The van der Waals surface area contributed by atoms with Crippen LogP contribution in [0.3, 0.4) is 0 Å². The molecule has 0 bridgehead atoms. The molecule has 110 valence electrons. The van der Waals surface area contributed by atoms with Gasteiger partial charge in [-0.2, -0.15) is 0 Å². The molecule has 0 radical (unpaired) electrons. The molecule has 0 unspecified atom stereocenters. The van der Waals surface area contributed by atoms with Gasteiger partial charge in [0.1, 0.15) is 0 Å². The van der Waals surface area contributed by atoms with Crippen molar-refractivity contribution in [1.82, 2.24) is 4.90 Å². The molecule has 1 aliphatic heterocycles. The Bertz CT molecular complexity index is 730. The summed E-state index contributed by atoms with van der Waals surface area (Å²) >= 11 is 0. The van der Waals surface area contributed by atoms with Crippen LogP contribution in [0.25, 0.3) is 6.08 Å². The number of fused-ring (bicyclic) bond motifs is 1. The summed E-state index contributed by atoms with van der Waals surface area (Å²) in [7, 11) is 0. The van der Waals surface area contributed by atoms with Gasteiger partial charge >= 0.3 is 0 Å². The SMILES string of the molecule is Nc1cccc(/C=C/CCN2C(=O)c3ccccc3C2=O)c1. The van der Waals surface area contributed by atoms with E-state index in [2.05, 4.69) is 0 Å². The van der Waals surface area contributed by atoms with Crippen molar-refractivity contribution >= 4 is 23.6 Å². The Hall–Kier alpha value is -2.88. The molecule has 22 heavy (non-hydrogen) atoms. The zero-order chi connectivity index (χ0) is 15.5. The average Bonchev–Trinajstić information content (AvgIpc) is 2.77. The Labute approximate surface area is 128 Å². The summed E-state index contributed by atoms with van der Waals surface area (Å²) in [5.74, 6) is -0.420. The van der Waals surface area contributed by atoms with Crippen LogP contribution in [0.2, 0.25) is 0 Å². The van der Waals surface area contributed by atoms with Gasteiger partial charge in [-0.15, -0.1) is 0 Å². The van der Waals surface area contributed by atoms with Crippen molar-refractivity contribution in [3.05, 3.63) is 71.3 Å². The first-order valence-corrected chi connectivity index (χ1v) is 7.14. The molecular formula is C18H16N2O2. The van der Waals surface area contributed by atoms with Crippen molar-refractivity contribution in [3.63, 3.8) is 0 Å². The smallest absolute Gasteiger partial charge is 0.261 e. The number of amides is 2. The number of benzene rings is 2. The predicted octanol–water partition coefficient (Wildman–Crippen LogP) is 2.97. The van der Waals surface area contributed by atoms with Gasteiger partial charge in [-0.1, -0.05) is 36.4 Å². The standard InChI is InChI=1S/C18H16N2O2/c19-14-8-5-7-13(12-14)6-3-4-11-20-17(21)15-9-1-2-10-16(15)18(20)22/h1-3,5-10,12H,4,11,19H2/b6-3+. The summed E-state index contributed by atoms with van der Waals surface area (Å²) in [6.07, 6.45) is 4.49. The number of nitrogens with zero attached hydrogens (tertiary/aromatic N) is 1. The Kier molecular flexibility index (Phi) is 3.74. The number of hydrogen-bond acceptors (Lipinski definition) is 3. The van der Waals surface area contributed by atoms with Crippen molar-refractivity contribution in [2.75, 3.05) is 12.3 Å². The summed E-state index contributed by atoms with van der Waals surface area (Å²) in [4.78, 5) is 25.7. The molecule has 1 heterocycles. The van der Waals surface area contributed by atoms with Gasteiger partial charge in [-0.05, 0) is 36.2 Å². The average molecular weight is 292 g/mol. The zero-order valence-corrected chi connectivity index (χ0v) is 12.0. The molecule has 0 aliphatic carbocycles. The van der Waals surface area contributed by atoms with Gasteiger partial charge in [0.25, 0.3) is 11.8 Å². The van der Waals surface area contributed by atoms with E-state index >= 15 is 0 Å². The minimum Gasteiger partial charge on any atom is -0.399 e. The molecule has 0 fully saturated rings. The summed E-state index contributed by atoms with van der Waals surface area (Å²) in [5, 5.41) is 0. The first-order chi connectivity index (χ1) is 10.7. The fraction of sp³-hybridized carbons (Fsp3) is 0.111. The third kappa shape index (κ3) is 2.63. The third-order valence-electron chi connectivity index (χ3n) is 3.62. The van der Waals surface area contributed by atoms with Gasteiger partial charge in [0.15, 0.2) is 0 Å². The first-order valence-electron chi connectivity index (χ1n) is 7.14. The van der Waals surface area contributed by atoms with E-state index in [4.69, 9.17) is 5.73 Å². The van der Waals surface area contributed by atoms with Gasteiger partial charge in [0.2, 0.25) is 0 Å². The van der Waals surface area contributed by atoms with E-state index in [0.29, 0.717) is 29.8 Å². The molecule has 1 aliphatic rings. The lowest BCUT2D eigenvalue weighted by molar-refractivity contribution is 0.0657. The number of nitrogens with two attached hydrogens (primary N) is 1. The van der Waals surface area contributed by atoms with Gasteiger partial charge in [0.05, 0.1) is 11.1 Å². The zero-order valence-electron chi connectivity index (χ0n) is 12.0. The van der Waals surface area contributed by atoms with E-state index in [9.17, 15) is 9.59 Å². The van der Waals surface area contributed by atoms with Gasteiger partial charge < -0.3 is 5.73 Å². The molecule has 0 saturated heterocycles. The van der Waals surface area contributed by atoms with E-state index < -0.39 is 0 Å². The molecule has 0 spiro atoms. The summed E-state index contributed by atoms with van der Waals surface area (Å²) in [6.45, 7) is 0.380. The molecule has 4 heteroatoms. The van der Waals surface area contributed by atoms with E-state index in [1.165, 1.54) is 4.90 Å². The van der Waals surface area contributed by atoms with Crippen molar-refractivity contribution in [2.24, 2.45) is 0 Å². The second kappa shape index (κ2) is 5.85. The van der Waals surface area contributed by atoms with E-state index in [1.807, 2.05) is 36.4 Å². The summed E-state index contributed by atoms with van der Waals surface area (Å²) in [6, 6.07) is 14.5. The predicted molar refractivity (Wildman–Crippen MR) is 86.3 cm³/mol. The lowest BCUT2D eigenvalue weighted by atomic mass is 10.1. The normalized spacial score (nSPS) is 13.9. The maximum atomic E-state index is 12.2. The lowest BCUT2D eigenvalue weighted by Crippen LogP contribution is -2.30. The molecule has 2 N–H and O–H groups in total. The van der Waals surface area contributed by atoms with E-state index in [1.54, 1.807) is 24.3 Å². The van der Waals surface area contributed by atoms with Gasteiger partial charge in [-0.25, -0.2) is 0 Å². The van der Waals surface area contributed by atoms with Crippen molar-refractivity contribution < 1.29 is 9.59 Å². The maximum absolute atomic E-state index is 12.2. The van der Waals surface area contributed by atoms with Crippen molar-refractivity contribution in [1.29, 1.82) is 0 Å². The van der Waals surface area contributed by atoms with Crippen molar-refractivity contribution in [3.8, 4) is 0 Å². The van der Waals surface area contributed by atoms with Crippen LogP contribution in [0.4, 0.5) is 5.69 Å². The monoisotopic (exact) mass is 292 g/mol. The highest BCUT2D eigenvalue weighted by Crippen LogP contribution is 2.22. The minimum absolute atomic E-state index is 0.210. The van der Waals surface area contributed by atoms with Crippen molar-refractivity contribution in [2.45, 2.75) is 6.42 Å². The minimum atomic E-state index is -0.210. The number of carbonyl (C=O) groups excluding carboxylic acids is 2. The van der Waals surface area contributed by atoms with Crippen LogP contribution in [-0.2, 0) is 0 Å². The first kappa shape index (κ1) is 14.1. The molecule has 0 saturated carbocycles. The van der Waals surface area contributed by atoms with Crippen LogP contribution in [0.5, 0.6) is 0 Å². The second-order valence-electron chi connectivity index (χ2n) is 5.17. The molecule has 3 rings (SSSR count). The Balaban J connectivity index is 1.64. The number of imide groups is 1. The number of rotatable bonds is 4.